The number of amides is 2. The highest BCUT2D eigenvalue weighted by Crippen LogP contribution is 2.39. The molecule has 1 aliphatic rings. The standard InChI is InChI=1S/C23H24N6O2S2/c1-3-18(30)25-14-5-4-6-15(10-14)26-19(31)11-32-23-28-27-21-20-16-8-7-13(2)9-17(16)33-22(20)24-12-29(21)23/h4-6,10,12-13H,3,7-9,11H2,1-2H3,(H,25,30)(H,26,31)/t13-/m0/s1. The molecule has 8 nitrogen and oxygen atoms in total. The lowest BCUT2D eigenvalue weighted by Gasteiger charge is -2.17. The van der Waals surface area contributed by atoms with E-state index >= 15 is 0 Å². The Labute approximate surface area is 199 Å². The monoisotopic (exact) mass is 480 g/mol. The zero-order valence-electron chi connectivity index (χ0n) is 18.4. The first kappa shape index (κ1) is 21.8. The van der Waals surface area contributed by atoms with E-state index in [0.717, 1.165) is 28.7 Å². The number of fused-ring (bicyclic) bond motifs is 5. The maximum atomic E-state index is 12.5. The van der Waals surface area contributed by atoms with Crippen LogP contribution in [0, 0.1) is 5.92 Å². The van der Waals surface area contributed by atoms with Crippen molar-refractivity contribution in [2.24, 2.45) is 5.92 Å². The minimum atomic E-state index is -0.161. The number of anilines is 2. The Morgan fingerprint density at radius 1 is 1.21 bits per heavy atom. The van der Waals surface area contributed by atoms with Gasteiger partial charge in [-0.3, -0.25) is 14.0 Å². The summed E-state index contributed by atoms with van der Waals surface area (Å²) in [5.41, 5.74) is 3.46. The second-order valence-electron chi connectivity index (χ2n) is 8.27. The third kappa shape index (κ3) is 4.45. The van der Waals surface area contributed by atoms with E-state index in [-0.39, 0.29) is 17.6 Å². The fourth-order valence-electron chi connectivity index (χ4n) is 4.07. The average molecular weight is 481 g/mol. The van der Waals surface area contributed by atoms with Crippen LogP contribution in [0.1, 0.15) is 37.1 Å². The van der Waals surface area contributed by atoms with E-state index in [2.05, 4.69) is 32.7 Å². The molecule has 3 aromatic heterocycles. The molecular weight excluding hydrogens is 456 g/mol. The zero-order chi connectivity index (χ0) is 22.9. The van der Waals surface area contributed by atoms with Crippen molar-refractivity contribution in [3.05, 3.63) is 41.0 Å². The summed E-state index contributed by atoms with van der Waals surface area (Å²) in [7, 11) is 0. The Bertz CT molecular complexity index is 1360. The SMILES string of the molecule is CCC(=O)Nc1cccc(NC(=O)CSc2nnc3c4c5c(sc4ncn23)C[C@@H](C)CC5)c1. The number of hydrogen-bond donors (Lipinski definition) is 2. The van der Waals surface area contributed by atoms with Gasteiger partial charge in [-0.1, -0.05) is 31.7 Å². The molecule has 10 heteroatoms. The van der Waals surface area contributed by atoms with Gasteiger partial charge in [0, 0.05) is 22.7 Å². The molecule has 1 aromatic carbocycles. The lowest BCUT2D eigenvalue weighted by molar-refractivity contribution is -0.116. The van der Waals surface area contributed by atoms with E-state index in [0.29, 0.717) is 28.9 Å². The van der Waals surface area contributed by atoms with Gasteiger partial charge in [-0.15, -0.1) is 21.5 Å². The summed E-state index contributed by atoms with van der Waals surface area (Å²) in [4.78, 5) is 31.2. The van der Waals surface area contributed by atoms with Crippen molar-refractivity contribution in [1.29, 1.82) is 0 Å². The topological polar surface area (TPSA) is 101 Å². The number of rotatable bonds is 6. The average Bonchev–Trinajstić information content (AvgIpc) is 3.38. The molecule has 0 unspecified atom stereocenters. The van der Waals surface area contributed by atoms with Crippen molar-refractivity contribution in [3.63, 3.8) is 0 Å². The molecule has 0 aliphatic heterocycles. The van der Waals surface area contributed by atoms with E-state index in [9.17, 15) is 9.59 Å². The minimum absolute atomic E-state index is 0.0724. The highest BCUT2D eigenvalue weighted by molar-refractivity contribution is 7.99. The number of aryl methyl sites for hydroxylation is 1. The molecule has 3 heterocycles. The van der Waals surface area contributed by atoms with E-state index in [4.69, 9.17) is 0 Å². The molecule has 0 saturated heterocycles. The number of hydrogen-bond acceptors (Lipinski definition) is 7. The van der Waals surface area contributed by atoms with Gasteiger partial charge in [-0.25, -0.2) is 4.98 Å². The number of carbonyl (C=O) groups excluding carboxylic acids is 2. The molecule has 170 valence electrons. The van der Waals surface area contributed by atoms with Crippen LogP contribution in [0.2, 0.25) is 0 Å². The van der Waals surface area contributed by atoms with Crippen molar-refractivity contribution in [1.82, 2.24) is 19.6 Å². The normalized spacial score (nSPS) is 15.5. The highest BCUT2D eigenvalue weighted by Gasteiger charge is 2.24. The summed E-state index contributed by atoms with van der Waals surface area (Å²) < 4.78 is 1.88. The number of aromatic nitrogens is 4. The van der Waals surface area contributed by atoms with Crippen molar-refractivity contribution < 1.29 is 9.59 Å². The summed E-state index contributed by atoms with van der Waals surface area (Å²) in [5.74, 6) is 0.653. The summed E-state index contributed by atoms with van der Waals surface area (Å²) in [6.45, 7) is 4.09. The summed E-state index contributed by atoms with van der Waals surface area (Å²) in [6, 6.07) is 7.11. The smallest absolute Gasteiger partial charge is 0.234 e. The molecule has 0 radical (unpaired) electrons. The van der Waals surface area contributed by atoms with Crippen LogP contribution in [0.25, 0.3) is 15.9 Å². The van der Waals surface area contributed by atoms with Gasteiger partial charge in [-0.05, 0) is 48.9 Å². The van der Waals surface area contributed by atoms with Crippen LogP contribution in [-0.4, -0.2) is 37.1 Å². The quantitative estimate of drug-likeness (QED) is 0.393. The zero-order valence-corrected chi connectivity index (χ0v) is 20.1. The number of nitrogens with one attached hydrogen (secondary N) is 2. The first-order valence-electron chi connectivity index (χ1n) is 11.0. The minimum Gasteiger partial charge on any atom is -0.326 e. The lowest BCUT2D eigenvalue weighted by atomic mass is 9.89. The largest absolute Gasteiger partial charge is 0.326 e. The van der Waals surface area contributed by atoms with E-state index in [1.54, 1.807) is 48.9 Å². The molecule has 1 aliphatic carbocycles. The van der Waals surface area contributed by atoms with Crippen LogP contribution in [0.4, 0.5) is 11.4 Å². The molecule has 2 N–H and O–H groups in total. The maximum Gasteiger partial charge on any atom is 0.234 e. The van der Waals surface area contributed by atoms with Gasteiger partial charge in [0.05, 0.1) is 11.1 Å². The fraction of sp³-hybridized carbons (Fsp3) is 0.348. The van der Waals surface area contributed by atoms with Gasteiger partial charge < -0.3 is 10.6 Å². The second-order valence-corrected chi connectivity index (χ2v) is 10.3. The molecule has 0 fully saturated rings. The number of thioether (sulfide) groups is 1. The third-order valence-electron chi connectivity index (χ3n) is 5.76. The van der Waals surface area contributed by atoms with Crippen molar-refractivity contribution in [2.75, 3.05) is 16.4 Å². The predicted octanol–water partition coefficient (Wildman–Crippen LogP) is 4.54. The van der Waals surface area contributed by atoms with Gasteiger partial charge in [0.25, 0.3) is 0 Å². The molecular formula is C23H24N6O2S2. The van der Waals surface area contributed by atoms with Crippen molar-refractivity contribution in [2.45, 2.75) is 44.7 Å². The molecule has 0 saturated carbocycles. The third-order valence-corrected chi connectivity index (χ3v) is 7.86. The number of carbonyl (C=O) groups is 2. The lowest BCUT2D eigenvalue weighted by Crippen LogP contribution is -2.15. The van der Waals surface area contributed by atoms with Crippen LogP contribution in [-0.2, 0) is 22.4 Å². The summed E-state index contributed by atoms with van der Waals surface area (Å²) >= 11 is 3.09. The molecule has 2 amide bonds. The highest BCUT2D eigenvalue weighted by atomic mass is 32.2. The van der Waals surface area contributed by atoms with Gasteiger partial charge in [0.2, 0.25) is 11.8 Å². The van der Waals surface area contributed by atoms with Gasteiger partial charge in [0.15, 0.2) is 10.8 Å². The Morgan fingerprint density at radius 3 is 2.79 bits per heavy atom. The van der Waals surface area contributed by atoms with Crippen molar-refractivity contribution >= 4 is 62.2 Å². The van der Waals surface area contributed by atoms with E-state index < -0.39 is 0 Å². The molecule has 1 atom stereocenters. The summed E-state index contributed by atoms with van der Waals surface area (Å²) in [6.07, 6.45) is 5.48. The molecule has 33 heavy (non-hydrogen) atoms. The Hall–Kier alpha value is -2.98. The summed E-state index contributed by atoms with van der Waals surface area (Å²) in [5, 5.41) is 16.2. The Morgan fingerprint density at radius 2 is 2.00 bits per heavy atom. The van der Waals surface area contributed by atoms with Crippen LogP contribution in [0.5, 0.6) is 0 Å². The first-order valence-corrected chi connectivity index (χ1v) is 12.8. The van der Waals surface area contributed by atoms with E-state index in [1.807, 2.05) is 4.40 Å². The van der Waals surface area contributed by atoms with Crippen LogP contribution in [0.15, 0.2) is 35.7 Å². The predicted molar refractivity (Wildman–Crippen MR) is 132 cm³/mol. The molecule has 0 bridgehead atoms. The fourth-order valence-corrected chi connectivity index (χ4v) is 6.12. The number of benzene rings is 1. The van der Waals surface area contributed by atoms with Crippen molar-refractivity contribution in [3.8, 4) is 0 Å². The van der Waals surface area contributed by atoms with Crippen LogP contribution in [0.3, 0.4) is 0 Å². The van der Waals surface area contributed by atoms with Crippen LogP contribution >= 0.6 is 23.1 Å². The van der Waals surface area contributed by atoms with Gasteiger partial charge >= 0.3 is 0 Å². The van der Waals surface area contributed by atoms with Gasteiger partial charge in [-0.2, -0.15) is 0 Å². The number of nitrogens with zero attached hydrogens (tertiary/aromatic N) is 4. The molecule has 4 aromatic rings. The Balaban J connectivity index is 1.30. The second kappa shape index (κ2) is 9.11. The Kier molecular flexibility index (Phi) is 6.03. The van der Waals surface area contributed by atoms with Gasteiger partial charge in [0.1, 0.15) is 11.2 Å². The van der Waals surface area contributed by atoms with Crippen LogP contribution < -0.4 is 10.6 Å². The first-order chi connectivity index (χ1) is 16.0. The molecule has 0 spiro atoms. The van der Waals surface area contributed by atoms with E-state index in [1.165, 1.54) is 28.6 Å². The number of thiophene rings is 1. The maximum absolute atomic E-state index is 12.5. The molecule has 5 rings (SSSR count).